The molecule has 2 aromatic rings. The highest BCUT2D eigenvalue weighted by atomic mass is 15.1. The van der Waals surface area contributed by atoms with Crippen LogP contribution in [0.15, 0.2) is 30.6 Å². The van der Waals surface area contributed by atoms with E-state index in [1.807, 2.05) is 30.6 Å². The number of imidazole rings is 1. The Bertz CT molecular complexity index is 493. The van der Waals surface area contributed by atoms with E-state index in [9.17, 15) is 0 Å². The predicted octanol–water partition coefficient (Wildman–Crippen LogP) is 2.90. The summed E-state index contributed by atoms with van der Waals surface area (Å²) in [5.41, 5.74) is 2.11. The molecule has 0 saturated heterocycles. The molecule has 0 fully saturated rings. The van der Waals surface area contributed by atoms with Gasteiger partial charge in [0.15, 0.2) is 0 Å². The Morgan fingerprint density at radius 2 is 2.27 bits per heavy atom. The molecule has 0 amide bonds. The van der Waals surface area contributed by atoms with E-state index < -0.39 is 0 Å². The van der Waals surface area contributed by atoms with Crippen molar-refractivity contribution in [2.45, 2.75) is 25.8 Å². The Morgan fingerprint density at radius 3 is 3.00 bits per heavy atom. The van der Waals surface area contributed by atoms with Crippen molar-refractivity contribution >= 4 is 11.0 Å². The van der Waals surface area contributed by atoms with E-state index in [0.29, 0.717) is 6.42 Å². The number of para-hydroxylation sites is 2. The molecular formula is C12H13N3. The summed E-state index contributed by atoms with van der Waals surface area (Å²) < 4.78 is 2.10. The third kappa shape index (κ3) is 1.71. The second kappa shape index (κ2) is 4.14. The van der Waals surface area contributed by atoms with Crippen LogP contribution in [-0.4, -0.2) is 9.55 Å². The van der Waals surface area contributed by atoms with Crippen LogP contribution >= 0.6 is 0 Å². The summed E-state index contributed by atoms with van der Waals surface area (Å²) >= 11 is 0. The fourth-order valence-electron chi connectivity index (χ4n) is 1.81. The van der Waals surface area contributed by atoms with Gasteiger partial charge in [-0.05, 0) is 18.6 Å². The van der Waals surface area contributed by atoms with Gasteiger partial charge in [0.1, 0.15) is 0 Å². The van der Waals surface area contributed by atoms with Crippen LogP contribution < -0.4 is 0 Å². The Morgan fingerprint density at radius 1 is 1.47 bits per heavy atom. The molecule has 0 N–H and O–H groups in total. The van der Waals surface area contributed by atoms with Crippen molar-refractivity contribution in [3.63, 3.8) is 0 Å². The summed E-state index contributed by atoms with van der Waals surface area (Å²) in [4.78, 5) is 4.32. The first kappa shape index (κ1) is 9.72. The van der Waals surface area contributed by atoms with Gasteiger partial charge >= 0.3 is 0 Å². The summed E-state index contributed by atoms with van der Waals surface area (Å²) in [6.07, 6.45) is 3.32. The van der Waals surface area contributed by atoms with Crippen LogP contribution in [0.2, 0.25) is 0 Å². The standard InChI is InChI=1S/C12H13N3/c1-2-10(7-8-13)15-9-14-11-5-3-4-6-12(11)15/h3-6,9-10H,2,7H2,1H3. The molecule has 1 aromatic heterocycles. The van der Waals surface area contributed by atoms with Gasteiger partial charge in [-0.25, -0.2) is 4.98 Å². The monoisotopic (exact) mass is 199 g/mol. The van der Waals surface area contributed by atoms with Crippen molar-refractivity contribution in [3.05, 3.63) is 30.6 Å². The minimum Gasteiger partial charge on any atom is -0.326 e. The van der Waals surface area contributed by atoms with Gasteiger partial charge in [-0.2, -0.15) is 5.26 Å². The second-order valence-corrected chi connectivity index (χ2v) is 3.56. The van der Waals surface area contributed by atoms with Gasteiger partial charge in [0.2, 0.25) is 0 Å². The quantitative estimate of drug-likeness (QED) is 0.762. The largest absolute Gasteiger partial charge is 0.326 e. The lowest BCUT2D eigenvalue weighted by Gasteiger charge is -2.13. The first-order chi connectivity index (χ1) is 7.36. The molecule has 0 spiro atoms. The summed E-state index contributed by atoms with van der Waals surface area (Å²) in [7, 11) is 0. The molecule has 0 saturated carbocycles. The number of benzene rings is 1. The molecule has 3 nitrogen and oxygen atoms in total. The maximum Gasteiger partial charge on any atom is 0.0961 e. The van der Waals surface area contributed by atoms with Crippen molar-refractivity contribution in [3.8, 4) is 6.07 Å². The van der Waals surface area contributed by atoms with Crippen LogP contribution in [0.1, 0.15) is 25.8 Å². The zero-order valence-electron chi connectivity index (χ0n) is 8.72. The lowest BCUT2D eigenvalue weighted by atomic mass is 10.1. The molecule has 0 aliphatic carbocycles. The van der Waals surface area contributed by atoms with Crippen LogP contribution in [0.25, 0.3) is 11.0 Å². The Kier molecular flexibility index (Phi) is 2.68. The van der Waals surface area contributed by atoms with Gasteiger partial charge in [-0.3, -0.25) is 0 Å². The Balaban J connectivity index is 2.47. The van der Waals surface area contributed by atoms with Crippen molar-refractivity contribution < 1.29 is 0 Å². The molecule has 0 bridgehead atoms. The minimum absolute atomic E-state index is 0.238. The fourth-order valence-corrected chi connectivity index (χ4v) is 1.81. The molecule has 1 heterocycles. The first-order valence-electron chi connectivity index (χ1n) is 5.15. The zero-order chi connectivity index (χ0) is 10.7. The highest BCUT2D eigenvalue weighted by Gasteiger charge is 2.10. The Labute approximate surface area is 89.0 Å². The predicted molar refractivity (Wildman–Crippen MR) is 59.3 cm³/mol. The fraction of sp³-hybridized carbons (Fsp3) is 0.333. The lowest BCUT2D eigenvalue weighted by Crippen LogP contribution is -2.05. The molecule has 76 valence electrons. The smallest absolute Gasteiger partial charge is 0.0961 e. The number of nitriles is 1. The van der Waals surface area contributed by atoms with Gasteiger partial charge in [-0.15, -0.1) is 0 Å². The SMILES string of the molecule is CCC(CC#N)n1cnc2ccccc21. The van der Waals surface area contributed by atoms with Gasteiger partial charge in [0, 0.05) is 6.04 Å². The van der Waals surface area contributed by atoms with Crippen LogP contribution in [0.3, 0.4) is 0 Å². The Hall–Kier alpha value is -1.82. The van der Waals surface area contributed by atoms with Crippen LogP contribution in [-0.2, 0) is 0 Å². The van der Waals surface area contributed by atoms with E-state index in [0.717, 1.165) is 17.5 Å². The molecule has 1 atom stereocenters. The van der Waals surface area contributed by atoms with E-state index in [4.69, 9.17) is 5.26 Å². The first-order valence-corrected chi connectivity index (χ1v) is 5.15. The number of hydrogen-bond donors (Lipinski definition) is 0. The molecular weight excluding hydrogens is 186 g/mol. The number of rotatable bonds is 3. The molecule has 0 radical (unpaired) electrons. The average Bonchev–Trinajstić information content (AvgIpc) is 2.70. The van der Waals surface area contributed by atoms with Gasteiger partial charge < -0.3 is 4.57 Å². The van der Waals surface area contributed by atoms with Gasteiger partial charge in [-0.1, -0.05) is 19.1 Å². The molecule has 3 heteroatoms. The molecule has 0 aliphatic heterocycles. The van der Waals surface area contributed by atoms with Gasteiger partial charge in [0.25, 0.3) is 0 Å². The van der Waals surface area contributed by atoms with E-state index in [1.54, 1.807) is 0 Å². The summed E-state index contributed by atoms with van der Waals surface area (Å²) in [6.45, 7) is 2.09. The summed E-state index contributed by atoms with van der Waals surface area (Å²) in [5, 5.41) is 8.75. The van der Waals surface area contributed by atoms with E-state index >= 15 is 0 Å². The molecule has 15 heavy (non-hydrogen) atoms. The third-order valence-corrected chi connectivity index (χ3v) is 2.67. The van der Waals surface area contributed by atoms with Crippen LogP contribution in [0, 0.1) is 11.3 Å². The zero-order valence-corrected chi connectivity index (χ0v) is 8.72. The summed E-state index contributed by atoms with van der Waals surface area (Å²) in [6, 6.07) is 10.5. The third-order valence-electron chi connectivity index (χ3n) is 2.67. The highest BCUT2D eigenvalue weighted by Crippen LogP contribution is 2.21. The normalized spacial score (nSPS) is 12.5. The molecule has 2 rings (SSSR count). The average molecular weight is 199 g/mol. The number of nitrogens with zero attached hydrogens (tertiary/aromatic N) is 3. The number of fused-ring (bicyclic) bond motifs is 1. The van der Waals surface area contributed by atoms with Crippen molar-refractivity contribution in [2.75, 3.05) is 0 Å². The highest BCUT2D eigenvalue weighted by molar-refractivity contribution is 5.75. The maximum atomic E-state index is 8.75. The molecule has 1 unspecified atom stereocenters. The topological polar surface area (TPSA) is 41.6 Å². The van der Waals surface area contributed by atoms with Crippen molar-refractivity contribution in [1.82, 2.24) is 9.55 Å². The van der Waals surface area contributed by atoms with Crippen molar-refractivity contribution in [1.29, 1.82) is 5.26 Å². The summed E-state index contributed by atoms with van der Waals surface area (Å²) in [5.74, 6) is 0. The lowest BCUT2D eigenvalue weighted by molar-refractivity contribution is 0.508. The number of aromatic nitrogens is 2. The maximum absolute atomic E-state index is 8.75. The van der Waals surface area contributed by atoms with Crippen LogP contribution in [0.5, 0.6) is 0 Å². The van der Waals surface area contributed by atoms with E-state index in [-0.39, 0.29) is 6.04 Å². The molecule has 1 aromatic carbocycles. The second-order valence-electron chi connectivity index (χ2n) is 3.56. The van der Waals surface area contributed by atoms with Gasteiger partial charge in [0.05, 0.1) is 29.9 Å². The van der Waals surface area contributed by atoms with Crippen molar-refractivity contribution in [2.24, 2.45) is 0 Å². The van der Waals surface area contributed by atoms with E-state index in [1.165, 1.54) is 0 Å². The van der Waals surface area contributed by atoms with Crippen LogP contribution in [0.4, 0.5) is 0 Å². The number of hydrogen-bond acceptors (Lipinski definition) is 2. The minimum atomic E-state index is 0.238. The van der Waals surface area contributed by atoms with E-state index in [2.05, 4.69) is 22.5 Å². The molecule has 0 aliphatic rings.